The smallest absolute Gasteiger partial charge is 0.221 e. The molecule has 3 rings (SSSR count). The lowest BCUT2D eigenvalue weighted by atomic mass is 10.2. The third-order valence-electron chi connectivity index (χ3n) is 3.81. The molecule has 0 saturated carbocycles. The third kappa shape index (κ3) is 2.59. The van der Waals surface area contributed by atoms with Gasteiger partial charge in [0.05, 0.1) is 5.52 Å². The summed E-state index contributed by atoms with van der Waals surface area (Å²) in [4.78, 5) is 0. The fraction of sp³-hybridized carbons (Fsp3) is 0.176. The zero-order chi connectivity index (χ0) is 19.2. The van der Waals surface area contributed by atoms with Gasteiger partial charge in [-0.2, -0.15) is 0 Å². The van der Waals surface area contributed by atoms with E-state index in [1.54, 1.807) is 38.1 Å². The van der Waals surface area contributed by atoms with Gasteiger partial charge in [-0.3, -0.25) is 0 Å². The minimum atomic E-state index is -2.28. The Hall–Kier alpha value is -2.97. The summed E-state index contributed by atoms with van der Waals surface area (Å²) in [6, 6.07) is 6.45. The second kappa shape index (κ2) is 6.40. The maximum Gasteiger partial charge on any atom is 0.221 e. The molecule has 0 saturated heterocycles. The number of nitrogens with zero attached hydrogens (tertiary/aromatic N) is 3. The van der Waals surface area contributed by atoms with Crippen LogP contribution in [0, 0.1) is 29.1 Å². The second-order valence-corrected chi connectivity index (χ2v) is 5.77. The monoisotopic (exact) mass is 369 g/mol. The van der Waals surface area contributed by atoms with E-state index in [-0.39, 0.29) is 17.6 Å². The van der Waals surface area contributed by atoms with E-state index in [4.69, 9.17) is 0 Å². The van der Waals surface area contributed by atoms with E-state index in [1.165, 1.54) is 4.57 Å². The number of aromatic hydroxyl groups is 1. The first-order chi connectivity index (χ1) is 12.3. The number of azo groups is 1. The maximum absolute atomic E-state index is 13.7. The number of rotatable bonds is 3. The molecule has 0 atom stereocenters. The van der Waals surface area contributed by atoms with Crippen molar-refractivity contribution in [3.8, 4) is 5.88 Å². The summed E-state index contributed by atoms with van der Waals surface area (Å²) in [7, 11) is 0. The van der Waals surface area contributed by atoms with E-state index in [0.717, 1.165) is 0 Å². The Balaban J connectivity index is 2.22. The fourth-order valence-electron chi connectivity index (χ4n) is 2.64. The molecule has 1 N–H and O–H groups in total. The quantitative estimate of drug-likeness (QED) is 0.260. The normalized spacial score (nSPS) is 12.0. The molecule has 0 amide bonds. The molecule has 1 aromatic heterocycles. The van der Waals surface area contributed by atoms with Crippen LogP contribution in [0.5, 0.6) is 5.88 Å². The molecule has 2 aromatic carbocycles. The molecule has 0 fully saturated rings. The average molecular weight is 369 g/mol. The number of benzene rings is 2. The average Bonchev–Trinajstić information content (AvgIpc) is 2.90. The van der Waals surface area contributed by atoms with Crippen LogP contribution < -0.4 is 0 Å². The first-order valence-corrected chi connectivity index (χ1v) is 7.50. The minimum absolute atomic E-state index is 0.141. The van der Waals surface area contributed by atoms with Crippen molar-refractivity contribution in [2.45, 2.75) is 19.9 Å². The van der Waals surface area contributed by atoms with Crippen LogP contribution in [-0.2, 0) is 0 Å². The summed E-state index contributed by atoms with van der Waals surface area (Å²) >= 11 is 0. The van der Waals surface area contributed by atoms with E-state index in [0.29, 0.717) is 10.9 Å². The predicted molar refractivity (Wildman–Crippen MR) is 84.4 cm³/mol. The van der Waals surface area contributed by atoms with Crippen molar-refractivity contribution in [3.05, 3.63) is 53.4 Å². The number of aromatic nitrogens is 1. The minimum Gasteiger partial charge on any atom is -0.493 e. The fourth-order valence-corrected chi connectivity index (χ4v) is 2.64. The van der Waals surface area contributed by atoms with Crippen LogP contribution in [-0.4, -0.2) is 9.67 Å². The predicted octanol–water partition coefficient (Wildman–Crippen LogP) is 6.04. The van der Waals surface area contributed by atoms with E-state index < -0.39 is 34.8 Å². The van der Waals surface area contributed by atoms with Crippen molar-refractivity contribution in [1.82, 2.24) is 4.57 Å². The summed E-state index contributed by atoms with van der Waals surface area (Å²) < 4.78 is 68.5. The number of para-hydroxylation sites is 1. The van der Waals surface area contributed by atoms with Gasteiger partial charge in [0.2, 0.25) is 11.7 Å². The van der Waals surface area contributed by atoms with Crippen LogP contribution in [0.25, 0.3) is 10.9 Å². The third-order valence-corrected chi connectivity index (χ3v) is 3.81. The van der Waals surface area contributed by atoms with Crippen molar-refractivity contribution >= 4 is 22.3 Å². The molecule has 0 bridgehead atoms. The SMILES string of the molecule is CC(C)n1c(O)c(N=Nc2c(F)c(F)c(F)c(F)c2F)c2ccccc21. The lowest BCUT2D eigenvalue weighted by molar-refractivity contribution is 0.380. The van der Waals surface area contributed by atoms with Crippen LogP contribution in [0.4, 0.5) is 33.3 Å². The maximum atomic E-state index is 13.7. The van der Waals surface area contributed by atoms with Gasteiger partial charge in [-0.15, -0.1) is 10.2 Å². The molecule has 0 aliphatic carbocycles. The number of halogens is 5. The summed E-state index contributed by atoms with van der Waals surface area (Å²) in [6.07, 6.45) is 0. The van der Waals surface area contributed by atoms with Crippen LogP contribution in [0.2, 0.25) is 0 Å². The van der Waals surface area contributed by atoms with Gasteiger partial charge < -0.3 is 9.67 Å². The zero-order valence-corrected chi connectivity index (χ0v) is 13.6. The summed E-state index contributed by atoms with van der Waals surface area (Å²) in [6.45, 7) is 3.58. The van der Waals surface area contributed by atoms with E-state index in [2.05, 4.69) is 10.2 Å². The highest BCUT2D eigenvalue weighted by molar-refractivity contribution is 5.95. The molecule has 26 heavy (non-hydrogen) atoms. The van der Waals surface area contributed by atoms with Crippen LogP contribution in [0.3, 0.4) is 0 Å². The topological polar surface area (TPSA) is 49.9 Å². The summed E-state index contributed by atoms with van der Waals surface area (Å²) in [5.74, 6) is -11.1. The van der Waals surface area contributed by atoms with E-state index in [1.807, 2.05) is 0 Å². The van der Waals surface area contributed by atoms with Gasteiger partial charge in [-0.05, 0) is 19.9 Å². The standard InChI is InChI=1S/C17H12F5N3O/c1-7(2)25-9-6-4-3-5-8(9)15(17(25)26)23-24-16-13(21)11(19)10(18)12(20)14(16)22/h3-7,26H,1-2H3. The molecular formula is C17H12F5N3O. The molecule has 0 unspecified atom stereocenters. The molecule has 0 radical (unpaired) electrons. The molecule has 3 aromatic rings. The highest BCUT2D eigenvalue weighted by Crippen LogP contribution is 2.42. The molecule has 136 valence electrons. The summed E-state index contributed by atoms with van der Waals surface area (Å²) in [5.41, 5.74) is -0.994. The van der Waals surface area contributed by atoms with Crippen molar-refractivity contribution in [2.24, 2.45) is 10.2 Å². The van der Waals surface area contributed by atoms with Crippen LogP contribution >= 0.6 is 0 Å². The molecule has 1 heterocycles. The van der Waals surface area contributed by atoms with E-state index >= 15 is 0 Å². The highest BCUT2D eigenvalue weighted by atomic mass is 19.2. The summed E-state index contributed by atoms with van der Waals surface area (Å²) in [5, 5.41) is 17.5. The molecule has 9 heteroatoms. The van der Waals surface area contributed by atoms with Gasteiger partial charge in [0, 0.05) is 11.4 Å². The van der Waals surface area contributed by atoms with Crippen LogP contribution in [0.15, 0.2) is 34.5 Å². The Bertz CT molecular complexity index is 1010. The Morgan fingerprint density at radius 1 is 0.808 bits per heavy atom. The number of hydrogen-bond donors (Lipinski definition) is 1. The van der Waals surface area contributed by atoms with Gasteiger partial charge in [0.15, 0.2) is 34.6 Å². The zero-order valence-electron chi connectivity index (χ0n) is 13.6. The van der Waals surface area contributed by atoms with Crippen molar-refractivity contribution in [2.75, 3.05) is 0 Å². The first kappa shape index (κ1) is 17.8. The largest absolute Gasteiger partial charge is 0.493 e. The first-order valence-electron chi connectivity index (χ1n) is 7.50. The van der Waals surface area contributed by atoms with Gasteiger partial charge >= 0.3 is 0 Å². The second-order valence-electron chi connectivity index (χ2n) is 5.77. The Morgan fingerprint density at radius 3 is 1.88 bits per heavy atom. The Kier molecular flexibility index (Phi) is 4.39. The molecule has 4 nitrogen and oxygen atoms in total. The Labute approximate surface area is 144 Å². The molecule has 0 spiro atoms. The van der Waals surface area contributed by atoms with Gasteiger partial charge in [0.25, 0.3) is 0 Å². The van der Waals surface area contributed by atoms with E-state index in [9.17, 15) is 27.1 Å². The molecular weight excluding hydrogens is 357 g/mol. The highest BCUT2D eigenvalue weighted by Gasteiger charge is 2.26. The van der Waals surface area contributed by atoms with Gasteiger partial charge in [0.1, 0.15) is 0 Å². The molecule has 0 aliphatic rings. The van der Waals surface area contributed by atoms with Gasteiger partial charge in [-0.1, -0.05) is 18.2 Å². The van der Waals surface area contributed by atoms with Crippen LogP contribution in [0.1, 0.15) is 19.9 Å². The lowest BCUT2D eigenvalue weighted by Gasteiger charge is -2.10. The van der Waals surface area contributed by atoms with Crippen molar-refractivity contribution in [3.63, 3.8) is 0 Å². The Morgan fingerprint density at radius 2 is 1.31 bits per heavy atom. The number of hydrogen-bond acceptors (Lipinski definition) is 3. The van der Waals surface area contributed by atoms with Crippen molar-refractivity contribution in [1.29, 1.82) is 0 Å². The van der Waals surface area contributed by atoms with Gasteiger partial charge in [-0.25, -0.2) is 22.0 Å². The lowest BCUT2D eigenvalue weighted by Crippen LogP contribution is -2.00. The van der Waals surface area contributed by atoms with Crippen molar-refractivity contribution < 1.29 is 27.1 Å². The number of fused-ring (bicyclic) bond motifs is 1. The molecule has 0 aliphatic heterocycles.